The zero-order chi connectivity index (χ0) is 15.9. The first-order chi connectivity index (χ1) is 10.6. The molecule has 7 nitrogen and oxygen atoms in total. The van der Waals surface area contributed by atoms with E-state index in [0.717, 1.165) is 6.07 Å². The maximum atomic E-state index is 11.8. The number of hydrogen-bond donors (Lipinski definition) is 2. The van der Waals surface area contributed by atoms with Gasteiger partial charge in [0.25, 0.3) is 11.1 Å². The number of carbonyl (C=O) groups excluding carboxylic acids is 1. The number of hydrogen-bond acceptors (Lipinski definition) is 4. The zero-order valence-corrected chi connectivity index (χ0v) is 11.7. The van der Waals surface area contributed by atoms with Gasteiger partial charge in [-0.1, -0.05) is 6.07 Å². The van der Waals surface area contributed by atoms with Crippen LogP contribution in [0, 0.1) is 11.3 Å². The minimum Gasteiger partial charge on any atom is -0.326 e. The lowest BCUT2D eigenvalue weighted by Gasteiger charge is -2.06. The summed E-state index contributed by atoms with van der Waals surface area (Å²) in [5.41, 5.74) is 0.333. The molecule has 2 rings (SSSR count). The van der Waals surface area contributed by atoms with Crippen molar-refractivity contribution in [1.29, 1.82) is 5.26 Å². The molecule has 0 radical (unpaired) electrons. The fourth-order valence-corrected chi connectivity index (χ4v) is 1.92. The van der Waals surface area contributed by atoms with Crippen molar-refractivity contribution in [2.24, 2.45) is 0 Å². The van der Waals surface area contributed by atoms with E-state index in [9.17, 15) is 14.4 Å². The number of nitriles is 1. The Morgan fingerprint density at radius 1 is 1.27 bits per heavy atom. The number of rotatable bonds is 5. The number of aromatic amines is 1. The van der Waals surface area contributed by atoms with Gasteiger partial charge in [-0.25, -0.2) is 0 Å². The maximum absolute atomic E-state index is 11.8. The van der Waals surface area contributed by atoms with Gasteiger partial charge in [-0.2, -0.15) is 5.26 Å². The largest absolute Gasteiger partial charge is 0.326 e. The van der Waals surface area contributed by atoms with E-state index in [0.29, 0.717) is 17.7 Å². The minimum atomic E-state index is -0.364. The van der Waals surface area contributed by atoms with Gasteiger partial charge >= 0.3 is 0 Å². The number of benzene rings is 1. The third-order valence-corrected chi connectivity index (χ3v) is 2.95. The van der Waals surface area contributed by atoms with Gasteiger partial charge in [0.05, 0.1) is 11.6 Å². The number of nitrogens with zero attached hydrogens (tertiary/aromatic N) is 2. The molecule has 7 heteroatoms. The quantitative estimate of drug-likeness (QED) is 0.852. The van der Waals surface area contributed by atoms with Gasteiger partial charge in [-0.3, -0.25) is 24.2 Å². The number of aryl methyl sites for hydroxylation is 1. The van der Waals surface area contributed by atoms with Crippen molar-refractivity contribution in [3.05, 3.63) is 62.7 Å². The summed E-state index contributed by atoms with van der Waals surface area (Å²) in [6, 6.07) is 10.9. The summed E-state index contributed by atoms with van der Waals surface area (Å²) in [6.45, 7) is 0.251. The Kier molecular flexibility index (Phi) is 4.88. The molecule has 0 unspecified atom stereocenters. The van der Waals surface area contributed by atoms with Crippen molar-refractivity contribution in [2.45, 2.75) is 19.4 Å². The molecule has 0 bridgehead atoms. The highest BCUT2D eigenvalue weighted by Crippen LogP contribution is 2.10. The zero-order valence-electron chi connectivity index (χ0n) is 11.7. The van der Waals surface area contributed by atoms with Crippen LogP contribution in [0.25, 0.3) is 0 Å². The maximum Gasteiger partial charge on any atom is 0.265 e. The van der Waals surface area contributed by atoms with Crippen molar-refractivity contribution in [3.8, 4) is 6.07 Å². The second-order valence-corrected chi connectivity index (χ2v) is 4.64. The monoisotopic (exact) mass is 298 g/mol. The summed E-state index contributed by atoms with van der Waals surface area (Å²) < 4.78 is 1.17. The lowest BCUT2D eigenvalue weighted by molar-refractivity contribution is -0.116. The predicted octanol–water partition coefficient (Wildman–Crippen LogP) is 0.827. The molecule has 1 amide bonds. The Labute approximate surface area is 125 Å². The molecule has 112 valence electrons. The van der Waals surface area contributed by atoms with Gasteiger partial charge in [-0.05, 0) is 24.6 Å². The number of amides is 1. The molecule has 0 spiro atoms. The molecular formula is C15H14N4O3. The normalized spacial score (nSPS) is 9.95. The Bertz CT molecular complexity index is 829. The first-order valence-electron chi connectivity index (χ1n) is 6.69. The Hall–Kier alpha value is -3.14. The molecule has 2 N–H and O–H groups in total. The number of aromatic nitrogens is 2. The second kappa shape index (κ2) is 7.04. The van der Waals surface area contributed by atoms with Gasteiger partial charge in [-0.15, -0.1) is 0 Å². The molecule has 0 fully saturated rings. The van der Waals surface area contributed by atoms with Gasteiger partial charge < -0.3 is 5.32 Å². The highest BCUT2D eigenvalue weighted by molar-refractivity contribution is 5.90. The van der Waals surface area contributed by atoms with E-state index in [1.165, 1.54) is 10.7 Å². The summed E-state index contributed by atoms with van der Waals surface area (Å²) in [5.74, 6) is -0.221. The summed E-state index contributed by atoms with van der Waals surface area (Å²) in [6.07, 6.45) is 0.601. The van der Waals surface area contributed by atoms with Crippen molar-refractivity contribution >= 4 is 11.6 Å². The van der Waals surface area contributed by atoms with Crippen LogP contribution in [0.1, 0.15) is 18.4 Å². The minimum absolute atomic E-state index is 0.195. The smallest absolute Gasteiger partial charge is 0.265 e. The van der Waals surface area contributed by atoms with Gasteiger partial charge in [0, 0.05) is 30.8 Å². The standard InChI is InChI=1S/C15H14N4O3/c16-10-11-3-1-4-12(9-11)17-13(20)5-2-8-19-15(22)7-6-14(21)18-19/h1,3-4,6-7,9H,2,5,8H2,(H,17,20)(H,18,21). The molecular weight excluding hydrogens is 284 g/mol. The van der Waals surface area contributed by atoms with E-state index in [-0.39, 0.29) is 30.0 Å². The van der Waals surface area contributed by atoms with Crippen LogP contribution in [0.5, 0.6) is 0 Å². The van der Waals surface area contributed by atoms with E-state index in [4.69, 9.17) is 5.26 Å². The van der Waals surface area contributed by atoms with E-state index < -0.39 is 0 Å². The van der Waals surface area contributed by atoms with Crippen LogP contribution in [0.3, 0.4) is 0 Å². The first-order valence-corrected chi connectivity index (χ1v) is 6.69. The van der Waals surface area contributed by atoms with Gasteiger partial charge in [0.1, 0.15) is 0 Å². The molecule has 0 aliphatic carbocycles. The van der Waals surface area contributed by atoms with Crippen molar-refractivity contribution in [2.75, 3.05) is 5.32 Å². The van der Waals surface area contributed by atoms with Crippen LogP contribution in [0.2, 0.25) is 0 Å². The van der Waals surface area contributed by atoms with Gasteiger partial charge in [0.2, 0.25) is 5.91 Å². The summed E-state index contributed by atoms with van der Waals surface area (Å²) in [4.78, 5) is 34.4. The van der Waals surface area contributed by atoms with Crippen LogP contribution in [0.4, 0.5) is 5.69 Å². The molecule has 1 aromatic heterocycles. The third kappa shape index (κ3) is 4.18. The molecule has 0 atom stereocenters. The number of H-pyrrole nitrogens is 1. The summed E-state index contributed by atoms with van der Waals surface area (Å²) in [5, 5.41) is 13.9. The fraction of sp³-hybridized carbons (Fsp3) is 0.200. The molecule has 22 heavy (non-hydrogen) atoms. The van der Waals surface area contributed by atoms with E-state index in [2.05, 4.69) is 10.4 Å². The summed E-state index contributed by atoms with van der Waals surface area (Å²) in [7, 11) is 0. The second-order valence-electron chi connectivity index (χ2n) is 4.64. The molecule has 1 aromatic carbocycles. The van der Waals surface area contributed by atoms with Crippen molar-refractivity contribution < 1.29 is 4.79 Å². The average Bonchev–Trinajstić information content (AvgIpc) is 2.51. The van der Waals surface area contributed by atoms with Crippen molar-refractivity contribution in [1.82, 2.24) is 9.78 Å². The Morgan fingerprint density at radius 3 is 2.86 bits per heavy atom. The van der Waals surface area contributed by atoms with Crippen LogP contribution in [-0.2, 0) is 11.3 Å². The highest BCUT2D eigenvalue weighted by Gasteiger charge is 2.04. The SMILES string of the molecule is N#Cc1cccc(NC(=O)CCCn2[nH]c(=O)ccc2=O)c1. The van der Waals surface area contributed by atoms with Crippen LogP contribution in [-0.4, -0.2) is 15.7 Å². The Morgan fingerprint density at radius 2 is 2.09 bits per heavy atom. The van der Waals surface area contributed by atoms with E-state index in [1.54, 1.807) is 24.3 Å². The third-order valence-electron chi connectivity index (χ3n) is 2.95. The number of carbonyl (C=O) groups is 1. The molecule has 0 saturated heterocycles. The van der Waals surface area contributed by atoms with Crippen LogP contribution < -0.4 is 16.4 Å². The highest BCUT2D eigenvalue weighted by atomic mass is 16.2. The average molecular weight is 298 g/mol. The van der Waals surface area contributed by atoms with E-state index in [1.807, 2.05) is 6.07 Å². The lowest BCUT2D eigenvalue weighted by Crippen LogP contribution is -2.28. The van der Waals surface area contributed by atoms with Crippen molar-refractivity contribution in [3.63, 3.8) is 0 Å². The summed E-state index contributed by atoms with van der Waals surface area (Å²) >= 11 is 0. The number of nitrogens with one attached hydrogen (secondary N) is 2. The molecule has 0 aliphatic rings. The fourth-order valence-electron chi connectivity index (χ4n) is 1.92. The first kappa shape index (κ1) is 15.3. The molecule has 0 aliphatic heterocycles. The van der Waals surface area contributed by atoms with E-state index >= 15 is 0 Å². The molecule has 2 aromatic rings. The van der Waals surface area contributed by atoms with Crippen LogP contribution >= 0.6 is 0 Å². The lowest BCUT2D eigenvalue weighted by atomic mass is 10.2. The number of anilines is 1. The topological polar surface area (TPSA) is 108 Å². The molecule has 1 heterocycles. The predicted molar refractivity (Wildman–Crippen MR) is 80.3 cm³/mol. The molecule has 0 saturated carbocycles. The van der Waals surface area contributed by atoms with Crippen LogP contribution in [0.15, 0.2) is 46.0 Å². The Balaban J connectivity index is 1.88. The van der Waals surface area contributed by atoms with Gasteiger partial charge in [0.15, 0.2) is 0 Å².